The molecule has 0 aliphatic carbocycles. The maximum absolute atomic E-state index is 11.9. The maximum atomic E-state index is 11.9. The molecule has 0 bridgehead atoms. The van der Waals surface area contributed by atoms with Crippen LogP contribution in [-0.2, 0) is 29.0 Å². The van der Waals surface area contributed by atoms with E-state index in [9.17, 15) is 9.59 Å². The highest BCUT2D eigenvalue weighted by Gasteiger charge is 2.21. The molecule has 0 fully saturated rings. The SMILES string of the molecule is CCc1c(CC(N)=O)c2cc(SCCCC(=O)O)c(C(C)C)cc2n1Cc1ccccc1. The van der Waals surface area contributed by atoms with Crippen molar-refractivity contribution in [2.45, 2.75) is 63.8 Å². The minimum atomic E-state index is -0.764. The number of nitrogens with two attached hydrogens (primary N) is 1. The Kier molecular flexibility index (Phi) is 8.02. The van der Waals surface area contributed by atoms with Crippen molar-refractivity contribution >= 4 is 34.5 Å². The van der Waals surface area contributed by atoms with Crippen LogP contribution >= 0.6 is 11.8 Å². The second-order valence-electron chi connectivity index (χ2n) is 8.40. The van der Waals surface area contributed by atoms with Crippen molar-refractivity contribution < 1.29 is 14.7 Å². The quantitative estimate of drug-likeness (QED) is 0.303. The van der Waals surface area contributed by atoms with E-state index in [1.165, 1.54) is 11.1 Å². The molecule has 1 aromatic heterocycles. The Morgan fingerprint density at radius 2 is 1.88 bits per heavy atom. The highest BCUT2D eigenvalue weighted by atomic mass is 32.2. The smallest absolute Gasteiger partial charge is 0.303 e. The van der Waals surface area contributed by atoms with E-state index >= 15 is 0 Å². The lowest BCUT2D eigenvalue weighted by atomic mass is 9.99. The van der Waals surface area contributed by atoms with Crippen LogP contribution in [0.5, 0.6) is 0 Å². The molecule has 170 valence electrons. The Morgan fingerprint density at radius 1 is 1.16 bits per heavy atom. The van der Waals surface area contributed by atoms with Gasteiger partial charge in [0.1, 0.15) is 0 Å². The molecular formula is C26H32N2O3S. The number of rotatable bonds is 11. The molecule has 3 rings (SSSR count). The van der Waals surface area contributed by atoms with Crippen LogP contribution in [0.25, 0.3) is 10.9 Å². The molecule has 1 heterocycles. The zero-order valence-corrected chi connectivity index (χ0v) is 19.9. The summed E-state index contributed by atoms with van der Waals surface area (Å²) >= 11 is 1.70. The number of carbonyl (C=O) groups is 2. The van der Waals surface area contributed by atoms with Crippen LogP contribution in [0.15, 0.2) is 47.4 Å². The number of hydrogen-bond acceptors (Lipinski definition) is 3. The summed E-state index contributed by atoms with van der Waals surface area (Å²) in [5, 5.41) is 10.0. The fraction of sp³-hybridized carbons (Fsp3) is 0.385. The number of aliphatic carboxylic acids is 1. The number of amides is 1. The molecule has 3 N–H and O–H groups in total. The minimum absolute atomic E-state index is 0.173. The number of aromatic nitrogens is 1. The number of nitrogens with zero attached hydrogens (tertiary/aromatic N) is 1. The second-order valence-corrected chi connectivity index (χ2v) is 9.54. The van der Waals surface area contributed by atoms with Crippen molar-refractivity contribution in [3.8, 4) is 0 Å². The third-order valence-corrected chi connectivity index (χ3v) is 6.86. The van der Waals surface area contributed by atoms with Gasteiger partial charge in [-0.05, 0) is 53.3 Å². The van der Waals surface area contributed by atoms with Crippen LogP contribution in [0.1, 0.15) is 61.9 Å². The summed E-state index contributed by atoms with van der Waals surface area (Å²) in [6.45, 7) is 7.21. The summed E-state index contributed by atoms with van der Waals surface area (Å²) in [6, 6.07) is 14.8. The van der Waals surface area contributed by atoms with Gasteiger partial charge < -0.3 is 15.4 Å². The lowest BCUT2D eigenvalue weighted by Gasteiger charge is -2.15. The van der Waals surface area contributed by atoms with E-state index in [0.29, 0.717) is 12.3 Å². The topological polar surface area (TPSA) is 85.3 Å². The number of carboxylic acids is 1. The molecule has 0 aliphatic heterocycles. The summed E-state index contributed by atoms with van der Waals surface area (Å²) < 4.78 is 2.33. The molecular weight excluding hydrogens is 420 g/mol. The number of fused-ring (bicyclic) bond motifs is 1. The number of hydrogen-bond donors (Lipinski definition) is 2. The van der Waals surface area contributed by atoms with E-state index in [1.807, 2.05) is 18.2 Å². The lowest BCUT2D eigenvalue weighted by molar-refractivity contribution is -0.137. The van der Waals surface area contributed by atoms with Crippen molar-refractivity contribution in [1.29, 1.82) is 0 Å². The van der Waals surface area contributed by atoms with Gasteiger partial charge in [0.25, 0.3) is 0 Å². The number of carboxylic acid groups (broad SMARTS) is 1. The van der Waals surface area contributed by atoms with E-state index in [2.05, 4.69) is 49.6 Å². The summed E-state index contributed by atoms with van der Waals surface area (Å²) in [5.74, 6) is -0.0266. The Hall–Kier alpha value is -2.73. The zero-order valence-electron chi connectivity index (χ0n) is 19.1. The fourth-order valence-corrected chi connectivity index (χ4v) is 5.39. The summed E-state index contributed by atoms with van der Waals surface area (Å²) in [7, 11) is 0. The van der Waals surface area contributed by atoms with Gasteiger partial charge in [-0.3, -0.25) is 9.59 Å². The highest BCUT2D eigenvalue weighted by Crippen LogP contribution is 2.37. The average Bonchev–Trinajstić information content (AvgIpc) is 3.02. The van der Waals surface area contributed by atoms with Gasteiger partial charge in [-0.15, -0.1) is 11.8 Å². The Labute approximate surface area is 194 Å². The molecule has 3 aromatic rings. The fourth-order valence-electron chi connectivity index (χ4n) is 4.22. The Morgan fingerprint density at radius 3 is 2.47 bits per heavy atom. The number of benzene rings is 2. The summed E-state index contributed by atoms with van der Waals surface area (Å²) in [4.78, 5) is 24.0. The van der Waals surface area contributed by atoms with Crippen molar-refractivity contribution in [3.05, 3.63) is 64.8 Å². The first-order valence-corrected chi connectivity index (χ1v) is 12.1. The normalized spacial score (nSPS) is 11.4. The number of primary amides is 1. The largest absolute Gasteiger partial charge is 0.481 e. The molecule has 0 spiro atoms. The van der Waals surface area contributed by atoms with Gasteiger partial charge in [-0.1, -0.05) is 51.1 Å². The molecule has 0 saturated heterocycles. The van der Waals surface area contributed by atoms with Crippen LogP contribution in [-0.4, -0.2) is 27.3 Å². The zero-order chi connectivity index (χ0) is 23.3. The van der Waals surface area contributed by atoms with Gasteiger partial charge >= 0.3 is 5.97 Å². The number of thioether (sulfide) groups is 1. The monoisotopic (exact) mass is 452 g/mol. The molecule has 0 aliphatic rings. The van der Waals surface area contributed by atoms with Crippen LogP contribution < -0.4 is 5.73 Å². The predicted octanol–water partition coefficient (Wildman–Crippen LogP) is 5.36. The first-order chi connectivity index (χ1) is 15.3. The first-order valence-electron chi connectivity index (χ1n) is 11.2. The molecule has 32 heavy (non-hydrogen) atoms. The third-order valence-electron chi connectivity index (χ3n) is 5.70. The molecule has 0 saturated carbocycles. The maximum Gasteiger partial charge on any atom is 0.303 e. The third kappa shape index (κ3) is 5.54. The van der Waals surface area contributed by atoms with Crippen LogP contribution in [0.3, 0.4) is 0 Å². The summed E-state index contributed by atoms with van der Waals surface area (Å²) in [5.41, 5.74) is 11.4. The van der Waals surface area contributed by atoms with Crippen molar-refractivity contribution in [3.63, 3.8) is 0 Å². The van der Waals surface area contributed by atoms with Gasteiger partial charge in [0.15, 0.2) is 0 Å². The standard InChI is InChI=1S/C26H32N2O3S/c1-4-22-21(15-25(27)29)20-14-24(32-12-8-11-26(30)31)19(17(2)3)13-23(20)28(22)16-18-9-6-5-7-10-18/h5-7,9-10,13-14,17H,4,8,11-12,15-16H2,1-3H3,(H2,27,29)(H,30,31). The Balaban J connectivity index is 2.14. The van der Waals surface area contributed by atoms with Crippen molar-refractivity contribution in [2.24, 2.45) is 5.73 Å². The van der Waals surface area contributed by atoms with E-state index in [1.54, 1.807) is 11.8 Å². The van der Waals surface area contributed by atoms with Gasteiger partial charge in [0.2, 0.25) is 5.91 Å². The van der Waals surface area contributed by atoms with Crippen LogP contribution in [0.4, 0.5) is 0 Å². The molecule has 6 heteroatoms. The lowest BCUT2D eigenvalue weighted by Crippen LogP contribution is -2.15. The Bertz CT molecular complexity index is 1100. The van der Waals surface area contributed by atoms with E-state index in [4.69, 9.17) is 10.8 Å². The average molecular weight is 453 g/mol. The van der Waals surface area contributed by atoms with Gasteiger partial charge in [-0.25, -0.2) is 0 Å². The second kappa shape index (κ2) is 10.7. The van der Waals surface area contributed by atoms with Crippen LogP contribution in [0, 0.1) is 0 Å². The molecule has 2 aromatic carbocycles. The van der Waals surface area contributed by atoms with Gasteiger partial charge in [-0.2, -0.15) is 0 Å². The van der Waals surface area contributed by atoms with E-state index in [0.717, 1.165) is 45.8 Å². The molecule has 0 radical (unpaired) electrons. The van der Waals surface area contributed by atoms with Gasteiger partial charge in [0, 0.05) is 34.5 Å². The van der Waals surface area contributed by atoms with Crippen molar-refractivity contribution in [2.75, 3.05) is 5.75 Å². The molecule has 1 amide bonds. The molecule has 0 unspecified atom stereocenters. The minimum Gasteiger partial charge on any atom is -0.481 e. The molecule has 5 nitrogen and oxygen atoms in total. The summed E-state index contributed by atoms with van der Waals surface area (Å²) in [6.07, 6.45) is 1.82. The van der Waals surface area contributed by atoms with E-state index in [-0.39, 0.29) is 18.7 Å². The highest BCUT2D eigenvalue weighted by molar-refractivity contribution is 7.99. The first kappa shape index (κ1) is 23.9. The number of carbonyl (C=O) groups excluding carboxylic acids is 1. The predicted molar refractivity (Wildman–Crippen MR) is 131 cm³/mol. The van der Waals surface area contributed by atoms with Gasteiger partial charge in [0.05, 0.1) is 6.42 Å². The van der Waals surface area contributed by atoms with Crippen LogP contribution in [0.2, 0.25) is 0 Å². The van der Waals surface area contributed by atoms with E-state index < -0.39 is 5.97 Å². The van der Waals surface area contributed by atoms with Crippen molar-refractivity contribution in [1.82, 2.24) is 4.57 Å². The molecule has 0 atom stereocenters.